The Labute approximate surface area is 468 Å². The number of benzene rings is 4. The Morgan fingerprint density at radius 1 is 0.848 bits per heavy atom. The molecule has 0 spiro atoms. The molecule has 79 heavy (non-hydrogen) atoms. The molecule has 17 nitrogen and oxygen atoms in total. The van der Waals surface area contributed by atoms with Gasteiger partial charge in [0.2, 0.25) is 29.5 Å². The minimum Gasteiger partial charge on any atom is -0.495 e. The van der Waals surface area contributed by atoms with Gasteiger partial charge in [0.1, 0.15) is 42.1 Å². The summed E-state index contributed by atoms with van der Waals surface area (Å²) >= 11 is 6.40. The number of nitrogens with zero attached hydrogens (tertiary/aromatic N) is 1. The topological polar surface area (TPSA) is 223 Å². The van der Waals surface area contributed by atoms with Crippen LogP contribution in [0.25, 0.3) is 11.1 Å². The molecule has 2 aliphatic heterocycles. The van der Waals surface area contributed by atoms with Gasteiger partial charge in [0, 0.05) is 50.0 Å². The molecule has 0 aromatic heterocycles. The van der Waals surface area contributed by atoms with E-state index in [1.54, 1.807) is 45.0 Å². The van der Waals surface area contributed by atoms with Crippen LogP contribution in [0.4, 0.5) is 4.79 Å². The summed E-state index contributed by atoms with van der Waals surface area (Å²) in [6.07, 6.45) is 0.543. The van der Waals surface area contributed by atoms with Crippen molar-refractivity contribution in [2.75, 3.05) is 20.7 Å². The lowest BCUT2D eigenvalue weighted by Crippen LogP contribution is -2.55. The lowest BCUT2D eigenvalue weighted by atomic mass is 9.86. The maximum atomic E-state index is 14.2. The van der Waals surface area contributed by atoms with E-state index in [-0.39, 0.29) is 56.4 Å². The van der Waals surface area contributed by atoms with E-state index in [2.05, 4.69) is 26.6 Å². The van der Waals surface area contributed by atoms with Gasteiger partial charge in [0.05, 0.1) is 23.7 Å². The quantitative estimate of drug-likeness (QED) is 0.0566. The van der Waals surface area contributed by atoms with Crippen LogP contribution in [-0.4, -0.2) is 104 Å². The van der Waals surface area contributed by atoms with E-state index < -0.39 is 88.8 Å². The molecule has 0 bridgehead atoms. The first kappa shape index (κ1) is 59.4. The Bertz CT molecular complexity index is 2890. The second-order valence-corrected chi connectivity index (χ2v) is 23.5. The van der Waals surface area contributed by atoms with Crippen molar-refractivity contribution in [1.82, 2.24) is 31.5 Å². The molecule has 6 amide bonds. The van der Waals surface area contributed by atoms with E-state index in [9.17, 15) is 33.6 Å². The zero-order valence-corrected chi connectivity index (χ0v) is 47.7. The number of hydrogen-bond acceptors (Lipinski definition) is 11. The molecule has 4 aromatic carbocycles. The highest BCUT2D eigenvalue weighted by atomic mass is 35.5. The Kier molecular flexibility index (Phi) is 19.0. The van der Waals surface area contributed by atoms with Crippen LogP contribution in [0.2, 0.25) is 5.02 Å². The Morgan fingerprint density at radius 2 is 1.48 bits per heavy atom. The maximum Gasteiger partial charge on any atom is 0.411 e. The lowest BCUT2D eigenvalue weighted by Gasteiger charge is -2.32. The number of esters is 1. The summed E-state index contributed by atoms with van der Waals surface area (Å²) in [4.78, 5) is 97.5. The number of hydrogen-bond donors (Lipinski definition) is 5. The number of likely N-dealkylation sites (N-methyl/N-ethyl adjacent to an activating group) is 1. The van der Waals surface area contributed by atoms with Crippen molar-refractivity contribution >= 4 is 53.2 Å². The number of amides is 6. The van der Waals surface area contributed by atoms with Crippen molar-refractivity contribution in [2.24, 2.45) is 22.7 Å². The number of carbonyl (C=O) groups is 7. The Hall–Kier alpha value is -7.24. The van der Waals surface area contributed by atoms with Gasteiger partial charge < -0.3 is 45.5 Å². The fraction of sp³-hybridized carbons (Fsp3) is 0.459. The summed E-state index contributed by atoms with van der Waals surface area (Å²) in [6, 6.07) is 24.2. The molecule has 0 saturated carbocycles. The number of ether oxygens (including phenoxy) is 4. The van der Waals surface area contributed by atoms with Crippen LogP contribution in [0.3, 0.4) is 0 Å². The van der Waals surface area contributed by atoms with Gasteiger partial charge >= 0.3 is 12.1 Å². The average molecular weight is 1100 g/mol. The molecule has 1 fully saturated rings. The van der Waals surface area contributed by atoms with Gasteiger partial charge in [-0.05, 0) is 84.6 Å². The number of fused-ring (bicyclic) bond motifs is 3. The summed E-state index contributed by atoms with van der Waals surface area (Å²) in [6.45, 7) is 16.4. The number of rotatable bonds is 15. The highest BCUT2D eigenvalue weighted by Crippen LogP contribution is 2.46. The normalized spacial score (nSPS) is 22.1. The number of carbonyl (C=O) groups excluding carboxylic acids is 7. The van der Waals surface area contributed by atoms with Gasteiger partial charge in [0.25, 0.3) is 0 Å². The van der Waals surface area contributed by atoms with Crippen molar-refractivity contribution < 1.29 is 52.5 Å². The summed E-state index contributed by atoms with van der Waals surface area (Å²) in [7, 11) is 3.02. The molecule has 4 aromatic rings. The van der Waals surface area contributed by atoms with E-state index in [1.807, 2.05) is 114 Å². The Balaban J connectivity index is 0.972. The second kappa shape index (κ2) is 25.3. The first-order chi connectivity index (χ1) is 37.3. The number of halogens is 1. The van der Waals surface area contributed by atoms with Gasteiger partial charge in [-0.1, -0.05) is 138 Å². The molecule has 8 atom stereocenters. The fourth-order valence-corrected chi connectivity index (χ4v) is 10.4. The lowest BCUT2D eigenvalue weighted by molar-refractivity contribution is -0.157. The summed E-state index contributed by atoms with van der Waals surface area (Å²) in [5, 5.41) is 14.6. The number of nitrogens with one attached hydrogen (secondary N) is 5. The van der Waals surface area contributed by atoms with Crippen molar-refractivity contribution in [1.29, 1.82) is 0 Å². The third-order valence-corrected chi connectivity index (χ3v) is 15.0. The largest absolute Gasteiger partial charge is 0.495 e. The number of methoxy groups -OCH3 is 1. The molecule has 2 heterocycles. The number of cyclic esters (lactones) is 1. The summed E-state index contributed by atoms with van der Waals surface area (Å²) in [5.74, 6) is -3.32. The third-order valence-electron chi connectivity index (χ3n) is 14.7. The molecule has 3 unspecified atom stereocenters. The minimum absolute atomic E-state index is 0.0921. The van der Waals surface area contributed by atoms with E-state index in [1.165, 1.54) is 25.1 Å². The van der Waals surface area contributed by atoms with Crippen LogP contribution < -0.4 is 31.3 Å². The predicted octanol–water partition coefficient (Wildman–Crippen LogP) is 8.07. The number of epoxide rings is 1. The van der Waals surface area contributed by atoms with E-state index in [0.29, 0.717) is 16.3 Å². The van der Waals surface area contributed by atoms with Gasteiger partial charge in [-0.2, -0.15) is 0 Å². The molecular weight excluding hydrogens is 1030 g/mol. The highest BCUT2D eigenvalue weighted by Gasteiger charge is 2.48. The van der Waals surface area contributed by atoms with Crippen LogP contribution >= 0.6 is 11.6 Å². The highest BCUT2D eigenvalue weighted by molar-refractivity contribution is 6.32. The first-order valence-electron chi connectivity index (χ1n) is 26.9. The molecule has 7 rings (SSSR count). The molecule has 422 valence electrons. The molecule has 1 aliphatic carbocycles. The smallest absolute Gasteiger partial charge is 0.411 e. The standard InChI is InChI=1S/C61H75ClN6O11/c1-34(2)50(68(10)59(75)79-53-42-19-14-12-17-40(42)41-18-13-15-20-43(41)53)56(72)65-36(4)54(70)63-32-37-23-26-39(27-24-37)52-51(78-52)35(3)47-21-16-22-49(69)66-45(30-38-25-28-48(76-11)44(62)29-38)55(71)64-33-61(8,9)58(74)67-46(57(73)77-47)31-60(5,6)7/h12-20,22-29,34-36,45-47,50-53H,21,30-33H2,1-11H3,(H,63,70)(H,64,71)(H,65,72)(H,66,69)(H,67,74)/b22-16+/t35?,36?,45-,46+,47+,50?,51-,52-/m1/s1. The Morgan fingerprint density at radius 3 is 2.09 bits per heavy atom. The van der Waals surface area contributed by atoms with Crippen molar-refractivity contribution in [3.05, 3.63) is 136 Å². The van der Waals surface area contributed by atoms with Crippen LogP contribution in [-0.2, 0) is 55.9 Å². The molecule has 1 saturated heterocycles. The van der Waals surface area contributed by atoms with Crippen molar-refractivity contribution in [3.8, 4) is 16.9 Å². The first-order valence-corrected chi connectivity index (χ1v) is 27.3. The maximum absolute atomic E-state index is 14.2. The monoisotopic (exact) mass is 1100 g/mol. The average Bonchev–Trinajstić information content (AvgIpc) is 4.23. The van der Waals surface area contributed by atoms with Crippen LogP contribution in [0.15, 0.2) is 103 Å². The second-order valence-electron chi connectivity index (χ2n) is 23.0. The minimum atomic E-state index is -1.17. The van der Waals surface area contributed by atoms with Gasteiger partial charge in [-0.3, -0.25) is 28.9 Å². The molecule has 5 N–H and O–H groups in total. The fourth-order valence-electron chi connectivity index (χ4n) is 10.1. The van der Waals surface area contributed by atoms with Crippen LogP contribution in [0.5, 0.6) is 5.75 Å². The summed E-state index contributed by atoms with van der Waals surface area (Å²) < 4.78 is 23.9. The zero-order chi connectivity index (χ0) is 57.5. The van der Waals surface area contributed by atoms with Gasteiger partial charge in [-0.25, -0.2) is 9.59 Å². The van der Waals surface area contributed by atoms with Gasteiger partial charge in [-0.15, -0.1) is 0 Å². The molecule has 0 radical (unpaired) electrons. The third kappa shape index (κ3) is 14.9. The van der Waals surface area contributed by atoms with E-state index >= 15 is 0 Å². The van der Waals surface area contributed by atoms with E-state index in [4.69, 9.17) is 30.5 Å². The zero-order valence-electron chi connectivity index (χ0n) is 46.9. The van der Waals surface area contributed by atoms with Crippen LogP contribution in [0.1, 0.15) is 115 Å². The van der Waals surface area contributed by atoms with Gasteiger partial charge in [0.15, 0.2) is 6.10 Å². The van der Waals surface area contributed by atoms with Crippen LogP contribution in [0, 0.1) is 22.7 Å². The van der Waals surface area contributed by atoms with E-state index in [0.717, 1.165) is 33.4 Å². The molecular formula is C61H75ClN6O11. The SMILES string of the molecule is COc1ccc(C[C@H]2NC(=O)/C=C/C[C@@H](C(C)[C@H]3O[C@@H]3c3ccc(CNC(=O)C(C)NC(=O)C(C(C)C)N(C)C(=O)OC4c5ccccc5-c5ccccc54)cc3)OC(=O)[C@H](CC(C)(C)C)NC(=O)C(C)(C)CNC2=O)cc1Cl. The van der Waals surface area contributed by atoms with Crippen molar-refractivity contribution in [3.63, 3.8) is 0 Å². The predicted molar refractivity (Wildman–Crippen MR) is 299 cm³/mol. The molecule has 3 aliphatic rings. The molecule has 18 heteroatoms. The van der Waals surface area contributed by atoms with Crippen molar-refractivity contribution in [2.45, 2.75) is 137 Å². The summed E-state index contributed by atoms with van der Waals surface area (Å²) in [5.41, 5.74) is 4.46.